The number of hydrogen-bond acceptors (Lipinski definition) is 5. The van der Waals surface area contributed by atoms with Crippen LogP contribution >= 0.6 is 0 Å². The van der Waals surface area contributed by atoms with Crippen LogP contribution in [0.15, 0.2) is 67.1 Å². The van der Waals surface area contributed by atoms with Gasteiger partial charge in [-0.3, -0.25) is 4.40 Å². The van der Waals surface area contributed by atoms with E-state index in [2.05, 4.69) is 44.5 Å². The fourth-order valence-electron chi connectivity index (χ4n) is 2.96. The summed E-state index contributed by atoms with van der Waals surface area (Å²) >= 11 is 0. The zero-order valence-corrected chi connectivity index (χ0v) is 15.5. The first-order valence-electron chi connectivity index (χ1n) is 8.66. The van der Waals surface area contributed by atoms with Crippen molar-refractivity contribution < 1.29 is 4.74 Å². The fraction of sp³-hybridized carbons (Fsp3) is 0.143. The number of nitrogens with one attached hydrogen (secondary N) is 1. The van der Waals surface area contributed by atoms with Crippen molar-refractivity contribution in [3.8, 4) is 17.0 Å². The Kier molecular flexibility index (Phi) is 4.38. The van der Waals surface area contributed by atoms with Crippen LogP contribution in [-0.2, 0) is 0 Å². The van der Waals surface area contributed by atoms with Gasteiger partial charge in [0.05, 0.1) is 19.0 Å². The van der Waals surface area contributed by atoms with Crippen molar-refractivity contribution in [1.82, 2.24) is 14.4 Å². The van der Waals surface area contributed by atoms with Crippen LogP contribution in [0.3, 0.4) is 0 Å². The van der Waals surface area contributed by atoms with Gasteiger partial charge in [0.2, 0.25) is 0 Å². The quantitative estimate of drug-likeness (QED) is 0.578. The normalized spacial score (nSPS) is 10.8. The van der Waals surface area contributed by atoms with Crippen LogP contribution < -0.4 is 15.0 Å². The van der Waals surface area contributed by atoms with E-state index in [9.17, 15) is 0 Å². The number of anilines is 3. The Labute approximate surface area is 158 Å². The van der Waals surface area contributed by atoms with E-state index in [4.69, 9.17) is 4.74 Å². The smallest absolute Gasteiger partial charge is 0.180 e. The average molecular weight is 359 g/mol. The Morgan fingerprint density at radius 2 is 1.70 bits per heavy atom. The highest BCUT2D eigenvalue weighted by Crippen LogP contribution is 2.27. The van der Waals surface area contributed by atoms with E-state index < -0.39 is 0 Å². The van der Waals surface area contributed by atoms with Gasteiger partial charge in [-0.15, -0.1) is 0 Å². The molecule has 0 spiro atoms. The molecule has 0 atom stereocenters. The SMILES string of the molecule is COc1ccc(Nc2ncc(-c3ccc(N(C)C)cc3)n3ccnc23)cc1. The van der Waals surface area contributed by atoms with Crippen LogP contribution in [0.25, 0.3) is 16.9 Å². The lowest BCUT2D eigenvalue weighted by atomic mass is 10.1. The van der Waals surface area contributed by atoms with E-state index in [1.165, 1.54) is 0 Å². The molecule has 4 rings (SSSR count). The van der Waals surface area contributed by atoms with Gasteiger partial charge in [-0.2, -0.15) is 0 Å². The number of methoxy groups -OCH3 is 1. The third-order valence-corrected chi connectivity index (χ3v) is 4.46. The fourth-order valence-corrected chi connectivity index (χ4v) is 2.96. The molecule has 2 aromatic carbocycles. The summed E-state index contributed by atoms with van der Waals surface area (Å²) in [7, 11) is 5.72. The van der Waals surface area contributed by atoms with E-state index >= 15 is 0 Å². The van der Waals surface area contributed by atoms with E-state index in [0.717, 1.165) is 34.0 Å². The average Bonchev–Trinajstić information content (AvgIpc) is 3.19. The zero-order valence-electron chi connectivity index (χ0n) is 15.5. The lowest BCUT2D eigenvalue weighted by molar-refractivity contribution is 0.415. The highest BCUT2D eigenvalue weighted by atomic mass is 16.5. The third-order valence-electron chi connectivity index (χ3n) is 4.46. The molecule has 0 radical (unpaired) electrons. The van der Waals surface area contributed by atoms with Crippen LogP contribution in [-0.4, -0.2) is 35.6 Å². The second-order valence-corrected chi connectivity index (χ2v) is 6.41. The minimum absolute atomic E-state index is 0.707. The lowest BCUT2D eigenvalue weighted by Gasteiger charge is -2.14. The maximum Gasteiger partial charge on any atom is 0.180 e. The van der Waals surface area contributed by atoms with Gasteiger partial charge >= 0.3 is 0 Å². The predicted molar refractivity (Wildman–Crippen MR) is 109 cm³/mol. The van der Waals surface area contributed by atoms with Crippen molar-refractivity contribution in [1.29, 1.82) is 0 Å². The number of rotatable bonds is 5. The minimum Gasteiger partial charge on any atom is -0.497 e. The van der Waals surface area contributed by atoms with Crippen molar-refractivity contribution >= 4 is 22.8 Å². The van der Waals surface area contributed by atoms with Gasteiger partial charge in [-0.1, -0.05) is 12.1 Å². The highest BCUT2D eigenvalue weighted by molar-refractivity contribution is 5.74. The minimum atomic E-state index is 0.707. The number of imidazole rings is 1. The second kappa shape index (κ2) is 6.99. The molecule has 0 fully saturated rings. The standard InChI is InChI=1S/C21H21N5O/c1-25(2)17-8-4-15(5-9-17)19-14-23-20(21-22-12-13-26(19)21)24-16-6-10-18(27-3)11-7-16/h4-14H,1-3H3,(H,23,24). The van der Waals surface area contributed by atoms with E-state index in [1.807, 2.05) is 55.2 Å². The molecule has 136 valence electrons. The molecule has 0 aliphatic rings. The Hall–Kier alpha value is -3.54. The van der Waals surface area contributed by atoms with Gasteiger partial charge < -0.3 is 15.0 Å². The van der Waals surface area contributed by atoms with Crippen LogP contribution in [0.5, 0.6) is 5.75 Å². The molecule has 0 saturated heterocycles. The van der Waals surface area contributed by atoms with E-state index in [-0.39, 0.29) is 0 Å². The molecule has 0 bridgehead atoms. The Morgan fingerprint density at radius 1 is 0.963 bits per heavy atom. The molecular weight excluding hydrogens is 338 g/mol. The topological polar surface area (TPSA) is 54.7 Å². The molecule has 27 heavy (non-hydrogen) atoms. The summed E-state index contributed by atoms with van der Waals surface area (Å²) < 4.78 is 7.25. The second-order valence-electron chi connectivity index (χ2n) is 6.41. The molecule has 0 aliphatic heterocycles. The van der Waals surface area contributed by atoms with E-state index in [0.29, 0.717) is 5.82 Å². The third kappa shape index (κ3) is 3.29. The first kappa shape index (κ1) is 16.9. The first-order valence-corrected chi connectivity index (χ1v) is 8.66. The molecule has 6 heteroatoms. The van der Waals surface area contributed by atoms with Gasteiger partial charge in [-0.25, -0.2) is 9.97 Å². The molecule has 2 aromatic heterocycles. The number of ether oxygens (including phenoxy) is 1. The summed E-state index contributed by atoms with van der Waals surface area (Å²) in [4.78, 5) is 11.2. The Bertz CT molecular complexity index is 1050. The van der Waals surface area contributed by atoms with Gasteiger partial charge in [-0.05, 0) is 36.4 Å². The van der Waals surface area contributed by atoms with Crippen molar-refractivity contribution in [3.63, 3.8) is 0 Å². The van der Waals surface area contributed by atoms with Crippen LogP contribution in [0.1, 0.15) is 0 Å². The summed E-state index contributed by atoms with van der Waals surface area (Å²) in [5.41, 5.74) is 4.95. The molecule has 0 saturated carbocycles. The van der Waals surface area contributed by atoms with Crippen molar-refractivity contribution in [2.24, 2.45) is 0 Å². The predicted octanol–water partition coefficient (Wildman–Crippen LogP) is 4.21. The molecule has 1 N–H and O–H groups in total. The van der Waals surface area contributed by atoms with Crippen LogP contribution in [0.4, 0.5) is 17.2 Å². The molecule has 4 aromatic rings. The van der Waals surface area contributed by atoms with Crippen molar-refractivity contribution in [2.45, 2.75) is 0 Å². The number of hydrogen-bond donors (Lipinski definition) is 1. The van der Waals surface area contributed by atoms with Gasteiger partial charge in [0.25, 0.3) is 0 Å². The van der Waals surface area contributed by atoms with Gasteiger partial charge in [0.15, 0.2) is 11.5 Å². The molecule has 2 heterocycles. The van der Waals surface area contributed by atoms with E-state index in [1.54, 1.807) is 13.3 Å². The molecule has 0 unspecified atom stereocenters. The number of nitrogens with zero attached hydrogens (tertiary/aromatic N) is 4. The van der Waals surface area contributed by atoms with Crippen LogP contribution in [0, 0.1) is 0 Å². The summed E-state index contributed by atoms with van der Waals surface area (Å²) in [6, 6.07) is 16.1. The molecular formula is C21H21N5O. The van der Waals surface area contributed by atoms with Crippen LogP contribution in [0.2, 0.25) is 0 Å². The number of fused-ring (bicyclic) bond motifs is 1. The molecule has 0 aliphatic carbocycles. The van der Waals surface area contributed by atoms with Gasteiger partial charge in [0.1, 0.15) is 5.75 Å². The monoisotopic (exact) mass is 359 g/mol. The van der Waals surface area contributed by atoms with Crippen molar-refractivity contribution in [2.75, 3.05) is 31.4 Å². The Morgan fingerprint density at radius 3 is 2.37 bits per heavy atom. The summed E-state index contributed by atoms with van der Waals surface area (Å²) in [6.45, 7) is 0. The zero-order chi connectivity index (χ0) is 18.8. The molecule has 0 amide bonds. The number of aromatic nitrogens is 3. The summed E-state index contributed by atoms with van der Waals surface area (Å²) in [5, 5.41) is 3.33. The number of benzene rings is 2. The summed E-state index contributed by atoms with van der Waals surface area (Å²) in [5.74, 6) is 1.52. The summed E-state index contributed by atoms with van der Waals surface area (Å²) in [6.07, 6.45) is 5.60. The molecule has 6 nitrogen and oxygen atoms in total. The van der Waals surface area contributed by atoms with Crippen molar-refractivity contribution in [3.05, 3.63) is 67.1 Å². The lowest BCUT2D eigenvalue weighted by Crippen LogP contribution is -2.08. The highest BCUT2D eigenvalue weighted by Gasteiger charge is 2.11. The maximum atomic E-state index is 5.20. The first-order chi connectivity index (χ1) is 13.2. The maximum absolute atomic E-state index is 5.20. The Balaban J connectivity index is 1.69. The largest absolute Gasteiger partial charge is 0.497 e. The van der Waals surface area contributed by atoms with Gasteiger partial charge in [0, 0.05) is 43.4 Å².